The second-order valence-electron chi connectivity index (χ2n) is 7.95. The molecule has 7 heteroatoms. The van der Waals surface area contributed by atoms with Gasteiger partial charge in [0.25, 0.3) is 0 Å². The first-order chi connectivity index (χ1) is 13.9. The van der Waals surface area contributed by atoms with Crippen molar-refractivity contribution in [3.8, 4) is 0 Å². The van der Waals surface area contributed by atoms with Gasteiger partial charge in [-0.3, -0.25) is 9.69 Å². The highest BCUT2D eigenvalue weighted by Crippen LogP contribution is 2.31. The van der Waals surface area contributed by atoms with Crippen LogP contribution in [0.3, 0.4) is 0 Å². The molecule has 1 amide bonds. The van der Waals surface area contributed by atoms with Gasteiger partial charge in [0, 0.05) is 30.9 Å². The molecule has 1 N–H and O–H groups in total. The zero-order chi connectivity index (χ0) is 20.5. The Morgan fingerprint density at radius 3 is 2.52 bits per heavy atom. The van der Waals surface area contributed by atoms with E-state index in [1.807, 2.05) is 32.0 Å². The number of nitrogens with one attached hydrogen (secondary N) is 1. The molecule has 0 saturated carbocycles. The summed E-state index contributed by atoms with van der Waals surface area (Å²) in [5.74, 6) is 1.04. The van der Waals surface area contributed by atoms with Crippen molar-refractivity contribution in [1.82, 2.24) is 14.9 Å². The van der Waals surface area contributed by atoms with Gasteiger partial charge in [-0.1, -0.05) is 18.2 Å². The van der Waals surface area contributed by atoms with Crippen LogP contribution in [0.2, 0.25) is 0 Å². The largest absolute Gasteiger partial charge is 0.348 e. The molecule has 4 rings (SSSR count). The molecule has 0 aliphatic carbocycles. The number of aromatic nitrogens is 2. The molecule has 1 aliphatic heterocycles. The molecule has 1 aliphatic rings. The minimum absolute atomic E-state index is 0.0394. The fourth-order valence-electron chi connectivity index (χ4n) is 4.36. The summed E-state index contributed by atoms with van der Waals surface area (Å²) in [4.78, 5) is 27.3. The first-order valence-electron chi connectivity index (χ1n) is 9.99. The van der Waals surface area contributed by atoms with Crippen molar-refractivity contribution in [1.29, 1.82) is 0 Å². The minimum Gasteiger partial charge on any atom is -0.348 e. The van der Waals surface area contributed by atoms with Crippen molar-refractivity contribution in [2.24, 2.45) is 0 Å². The number of rotatable bonds is 4. The van der Waals surface area contributed by atoms with Gasteiger partial charge >= 0.3 is 0 Å². The number of amides is 1. The fourth-order valence-corrected chi connectivity index (χ4v) is 5.08. The Labute approximate surface area is 175 Å². The normalized spacial score (nSPS) is 20.2. The van der Waals surface area contributed by atoms with E-state index in [1.165, 1.54) is 0 Å². The van der Waals surface area contributed by atoms with Crippen LogP contribution in [0.4, 0.5) is 11.5 Å². The summed E-state index contributed by atoms with van der Waals surface area (Å²) >= 11 is 1.64. The predicted molar refractivity (Wildman–Crippen MR) is 120 cm³/mol. The van der Waals surface area contributed by atoms with Gasteiger partial charge in [-0.25, -0.2) is 9.97 Å². The molecule has 1 aromatic carbocycles. The average Bonchev–Trinajstić information content (AvgIpc) is 3.14. The number of para-hydroxylation sites is 1. The molecule has 6 nitrogen and oxygen atoms in total. The molecule has 152 valence electrons. The molecule has 1 saturated heterocycles. The van der Waals surface area contributed by atoms with E-state index >= 15 is 0 Å². The number of hydrogen-bond acceptors (Lipinski definition) is 6. The van der Waals surface area contributed by atoms with Crippen molar-refractivity contribution in [3.63, 3.8) is 0 Å². The molecule has 2 aromatic heterocycles. The van der Waals surface area contributed by atoms with E-state index in [2.05, 4.69) is 50.4 Å². The summed E-state index contributed by atoms with van der Waals surface area (Å²) in [5.41, 5.74) is 3.11. The van der Waals surface area contributed by atoms with E-state index in [9.17, 15) is 4.79 Å². The lowest BCUT2D eigenvalue weighted by atomic mass is 10.1. The van der Waals surface area contributed by atoms with Crippen molar-refractivity contribution < 1.29 is 4.79 Å². The van der Waals surface area contributed by atoms with Crippen LogP contribution in [0.25, 0.3) is 10.2 Å². The standard InChI is InChI=1S/C22H27N5OS/c1-14-6-5-7-15(2)20(14)25-19(28)12-26-10-16(3)27(17(4)11-26)21-18-8-9-29-22(18)24-13-23-21/h5-9,13,16-17H,10-12H2,1-4H3,(H,25,28)/t16-,17+. The number of benzene rings is 1. The van der Waals surface area contributed by atoms with E-state index in [4.69, 9.17) is 0 Å². The quantitative estimate of drug-likeness (QED) is 0.709. The highest BCUT2D eigenvalue weighted by molar-refractivity contribution is 7.16. The third-order valence-corrected chi connectivity index (χ3v) is 6.41. The van der Waals surface area contributed by atoms with Crippen LogP contribution in [0.5, 0.6) is 0 Å². The highest BCUT2D eigenvalue weighted by Gasteiger charge is 2.32. The molecule has 0 bridgehead atoms. The van der Waals surface area contributed by atoms with E-state index in [0.717, 1.165) is 45.9 Å². The van der Waals surface area contributed by atoms with E-state index < -0.39 is 0 Å². The molecular formula is C22H27N5OS. The zero-order valence-electron chi connectivity index (χ0n) is 17.3. The topological polar surface area (TPSA) is 61.4 Å². The average molecular weight is 410 g/mol. The lowest BCUT2D eigenvalue weighted by Crippen LogP contribution is -2.58. The molecule has 2 atom stereocenters. The van der Waals surface area contributed by atoms with Gasteiger partial charge in [-0.2, -0.15) is 0 Å². The Bertz CT molecular complexity index is 1000. The maximum atomic E-state index is 12.7. The van der Waals surface area contributed by atoms with Crippen LogP contribution in [-0.4, -0.2) is 52.5 Å². The summed E-state index contributed by atoms with van der Waals surface area (Å²) in [6.45, 7) is 10.5. The molecule has 1 fully saturated rings. The molecule has 0 unspecified atom stereocenters. The van der Waals surface area contributed by atoms with Gasteiger partial charge in [-0.15, -0.1) is 11.3 Å². The summed E-state index contributed by atoms with van der Waals surface area (Å²) in [5, 5.41) is 6.28. The number of anilines is 2. The van der Waals surface area contributed by atoms with Gasteiger partial charge in [0.05, 0.1) is 11.9 Å². The van der Waals surface area contributed by atoms with Crippen LogP contribution < -0.4 is 10.2 Å². The summed E-state index contributed by atoms with van der Waals surface area (Å²) < 4.78 is 0. The maximum absolute atomic E-state index is 12.7. The van der Waals surface area contributed by atoms with Crippen molar-refractivity contribution >= 4 is 39.0 Å². The lowest BCUT2D eigenvalue weighted by molar-refractivity contribution is -0.117. The van der Waals surface area contributed by atoms with Crippen molar-refractivity contribution in [3.05, 3.63) is 47.1 Å². The first kappa shape index (κ1) is 19.8. The number of nitrogens with zero attached hydrogens (tertiary/aromatic N) is 4. The van der Waals surface area contributed by atoms with Crippen LogP contribution >= 0.6 is 11.3 Å². The number of piperazine rings is 1. The molecular weight excluding hydrogens is 382 g/mol. The van der Waals surface area contributed by atoms with Crippen LogP contribution in [-0.2, 0) is 4.79 Å². The summed E-state index contributed by atoms with van der Waals surface area (Å²) in [6.07, 6.45) is 1.65. The lowest BCUT2D eigenvalue weighted by Gasteiger charge is -2.45. The minimum atomic E-state index is 0.0394. The van der Waals surface area contributed by atoms with Gasteiger partial charge < -0.3 is 10.2 Å². The van der Waals surface area contributed by atoms with Crippen LogP contribution in [0.15, 0.2) is 36.0 Å². The smallest absolute Gasteiger partial charge is 0.238 e. The third kappa shape index (κ3) is 3.97. The number of carbonyl (C=O) groups is 1. The van der Waals surface area contributed by atoms with Crippen molar-refractivity contribution in [2.75, 3.05) is 29.9 Å². The van der Waals surface area contributed by atoms with E-state index in [-0.39, 0.29) is 18.0 Å². The van der Waals surface area contributed by atoms with Crippen LogP contribution in [0, 0.1) is 13.8 Å². The molecule has 3 aromatic rings. The van der Waals surface area contributed by atoms with E-state index in [0.29, 0.717) is 6.54 Å². The molecule has 0 radical (unpaired) electrons. The summed E-state index contributed by atoms with van der Waals surface area (Å²) in [7, 11) is 0. The fraction of sp³-hybridized carbons (Fsp3) is 0.409. The third-order valence-electron chi connectivity index (χ3n) is 5.59. The number of hydrogen-bond donors (Lipinski definition) is 1. The van der Waals surface area contributed by atoms with Gasteiger partial charge in [-0.05, 0) is 50.3 Å². The predicted octanol–water partition coefficient (Wildman–Crippen LogP) is 3.85. The molecule has 3 heterocycles. The van der Waals surface area contributed by atoms with Crippen molar-refractivity contribution in [2.45, 2.75) is 39.8 Å². The second-order valence-corrected chi connectivity index (χ2v) is 8.85. The Hall–Kier alpha value is -2.51. The number of thiophene rings is 1. The van der Waals surface area contributed by atoms with E-state index in [1.54, 1.807) is 17.7 Å². The highest BCUT2D eigenvalue weighted by atomic mass is 32.1. The SMILES string of the molecule is Cc1cccc(C)c1NC(=O)CN1C[C@@H](C)N(c2ncnc3sccc23)[C@@H](C)C1. The van der Waals surface area contributed by atoms with Gasteiger partial charge in [0.15, 0.2) is 0 Å². The first-order valence-corrected chi connectivity index (χ1v) is 10.9. The number of carbonyl (C=O) groups excluding carboxylic acids is 1. The number of aryl methyl sites for hydroxylation is 2. The Morgan fingerprint density at radius 2 is 1.83 bits per heavy atom. The second kappa shape index (κ2) is 8.08. The Morgan fingerprint density at radius 1 is 1.14 bits per heavy atom. The van der Waals surface area contributed by atoms with Crippen LogP contribution in [0.1, 0.15) is 25.0 Å². The molecule has 0 spiro atoms. The number of fused-ring (bicyclic) bond motifs is 1. The maximum Gasteiger partial charge on any atom is 0.238 e. The van der Waals surface area contributed by atoms with Gasteiger partial charge in [0.2, 0.25) is 5.91 Å². The Balaban J connectivity index is 1.45. The monoisotopic (exact) mass is 409 g/mol. The summed E-state index contributed by atoms with van der Waals surface area (Å²) in [6, 6.07) is 8.67. The zero-order valence-corrected chi connectivity index (χ0v) is 18.2. The Kier molecular flexibility index (Phi) is 5.52. The van der Waals surface area contributed by atoms with Gasteiger partial charge in [0.1, 0.15) is 17.0 Å². The molecule has 29 heavy (non-hydrogen) atoms.